The molecule has 0 bridgehead atoms. The molecule has 0 heterocycles. The van der Waals surface area contributed by atoms with Gasteiger partial charge in [0.25, 0.3) is 11.8 Å². The summed E-state index contributed by atoms with van der Waals surface area (Å²) in [6.45, 7) is 1.16. The molecule has 0 saturated carbocycles. The number of hydrogen-bond donors (Lipinski definition) is 2. The number of carbonyl (C=O) groups is 3. The molecule has 2 aromatic rings. The van der Waals surface area contributed by atoms with Crippen LogP contribution in [0.15, 0.2) is 42.5 Å². The Hall–Kier alpha value is -3.06. The Morgan fingerprint density at radius 2 is 1.77 bits per heavy atom. The number of aryl methyl sites for hydroxylation is 1. The van der Waals surface area contributed by atoms with E-state index < -0.39 is 24.4 Å². The number of ether oxygens (including phenoxy) is 2. The Morgan fingerprint density at radius 1 is 1.08 bits per heavy atom. The van der Waals surface area contributed by atoms with Crippen LogP contribution < -0.4 is 15.8 Å². The lowest BCUT2D eigenvalue weighted by Crippen LogP contribution is -2.21. The molecule has 26 heavy (non-hydrogen) atoms. The maximum absolute atomic E-state index is 11.9. The molecule has 0 saturated heterocycles. The molecule has 0 aliphatic rings. The Bertz CT molecular complexity index is 821. The van der Waals surface area contributed by atoms with Crippen molar-refractivity contribution in [2.75, 3.05) is 18.5 Å². The van der Waals surface area contributed by atoms with Crippen LogP contribution in [-0.4, -0.2) is 31.0 Å². The lowest BCUT2D eigenvalue weighted by Gasteiger charge is -2.09. The monoisotopic (exact) mass is 376 g/mol. The first kappa shape index (κ1) is 19.3. The molecule has 2 amide bonds. The molecule has 3 N–H and O–H groups in total. The van der Waals surface area contributed by atoms with Gasteiger partial charge in [0.05, 0.1) is 16.3 Å². The second-order valence-electron chi connectivity index (χ2n) is 5.39. The van der Waals surface area contributed by atoms with Gasteiger partial charge in [-0.1, -0.05) is 17.7 Å². The number of hydrogen-bond acceptors (Lipinski definition) is 5. The minimum atomic E-state index is -0.670. The third-order valence-electron chi connectivity index (χ3n) is 3.20. The van der Waals surface area contributed by atoms with Crippen molar-refractivity contribution in [2.45, 2.75) is 6.92 Å². The highest BCUT2D eigenvalue weighted by Gasteiger charge is 2.12. The van der Waals surface area contributed by atoms with Gasteiger partial charge in [-0.05, 0) is 48.9 Å². The average molecular weight is 377 g/mol. The van der Waals surface area contributed by atoms with E-state index in [2.05, 4.69) is 5.32 Å². The van der Waals surface area contributed by atoms with Gasteiger partial charge in [-0.15, -0.1) is 0 Å². The molecule has 0 radical (unpaired) electrons. The SMILES string of the molecule is Cc1ccc(NC(=O)COC(=O)c2ccc(OCC(N)=O)cc2)c(Cl)c1. The largest absolute Gasteiger partial charge is 0.484 e. The van der Waals surface area contributed by atoms with Crippen molar-refractivity contribution in [3.63, 3.8) is 0 Å². The van der Waals surface area contributed by atoms with E-state index in [0.717, 1.165) is 5.56 Å². The number of anilines is 1. The lowest BCUT2D eigenvalue weighted by molar-refractivity contribution is -0.120. The van der Waals surface area contributed by atoms with Crippen LogP contribution in [0.5, 0.6) is 5.75 Å². The summed E-state index contributed by atoms with van der Waals surface area (Å²) in [4.78, 5) is 34.5. The van der Waals surface area contributed by atoms with Gasteiger partial charge in [0, 0.05) is 0 Å². The first-order valence-corrected chi connectivity index (χ1v) is 7.97. The molecule has 0 aliphatic carbocycles. The second-order valence-corrected chi connectivity index (χ2v) is 5.79. The van der Waals surface area contributed by atoms with Crippen molar-refractivity contribution in [3.8, 4) is 5.75 Å². The molecule has 136 valence electrons. The van der Waals surface area contributed by atoms with Crippen molar-refractivity contribution in [1.82, 2.24) is 0 Å². The first-order valence-electron chi connectivity index (χ1n) is 7.59. The fraction of sp³-hybridized carbons (Fsp3) is 0.167. The number of nitrogens with two attached hydrogens (primary N) is 1. The molecule has 0 fully saturated rings. The zero-order valence-corrected chi connectivity index (χ0v) is 14.7. The summed E-state index contributed by atoms with van der Waals surface area (Å²) in [5.41, 5.74) is 6.61. The predicted octanol–water partition coefficient (Wildman–Crippen LogP) is 2.31. The standard InChI is InChI=1S/C18H17ClN2O5/c1-11-2-7-15(14(19)8-11)21-17(23)10-26-18(24)12-3-5-13(6-4-12)25-9-16(20)22/h2-8H,9-10H2,1H3,(H2,20,22)(H,21,23). The number of esters is 1. The topological polar surface area (TPSA) is 108 Å². The third-order valence-corrected chi connectivity index (χ3v) is 3.52. The van der Waals surface area contributed by atoms with Crippen molar-refractivity contribution in [1.29, 1.82) is 0 Å². The maximum Gasteiger partial charge on any atom is 0.338 e. The van der Waals surface area contributed by atoms with E-state index in [-0.39, 0.29) is 12.2 Å². The highest BCUT2D eigenvalue weighted by atomic mass is 35.5. The van der Waals surface area contributed by atoms with E-state index >= 15 is 0 Å². The summed E-state index contributed by atoms with van der Waals surface area (Å²) in [5, 5.41) is 2.97. The molecular weight excluding hydrogens is 360 g/mol. The van der Waals surface area contributed by atoms with Crippen molar-refractivity contribution < 1.29 is 23.9 Å². The fourth-order valence-corrected chi connectivity index (χ4v) is 2.25. The van der Waals surface area contributed by atoms with Crippen LogP contribution in [0.2, 0.25) is 5.02 Å². The van der Waals surface area contributed by atoms with Crippen LogP contribution in [-0.2, 0) is 14.3 Å². The van der Waals surface area contributed by atoms with E-state index in [1.54, 1.807) is 18.2 Å². The van der Waals surface area contributed by atoms with Crippen molar-refractivity contribution >= 4 is 35.1 Å². The van der Waals surface area contributed by atoms with Gasteiger partial charge in [0.15, 0.2) is 13.2 Å². The number of primary amides is 1. The van der Waals surface area contributed by atoms with E-state index in [1.807, 2.05) is 6.92 Å². The summed E-state index contributed by atoms with van der Waals surface area (Å²) >= 11 is 6.03. The van der Waals surface area contributed by atoms with Crippen molar-refractivity contribution in [3.05, 3.63) is 58.6 Å². The Labute approximate surface area is 155 Å². The average Bonchev–Trinajstić information content (AvgIpc) is 2.60. The number of rotatable bonds is 7. The van der Waals surface area contributed by atoms with Crippen LogP contribution in [0.4, 0.5) is 5.69 Å². The second kappa shape index (κ2) is 8.87. The van der Waals surface area contributed by atoms with Crippen LogP contribution in [0, 0.1) is 6.92 Å². The molecule has 2 rings (SSSR count). The maximum atomic E-state index is 11.9. The van der Waals surface area contributed by atoms with Crippen LogP contribution in [0.3, 0.4) is 0 Å². The highest BCUT2D eigenvalue weighted by Crippen LogP contribution is 2.22. The molecule has 7 nitrogen and oxygen atoms in total. The Kier molecular flexibility index (Phi) is 6.57. The van der Waals surface area contributed by atoms with E-state index in [9.17, 15) is 14.4 Å². The zero-order valence-electron chi connectivity index (χ0n) is 14.0. The van der Waals surface area contributed by atoms with Gasteiger partial charge in [0.2, 0.25) is 0 Å². The summed E-state index contributed by atoms with van der Waals surface area (Å²) in [7, 11) is 0. The third kappa shape index (κ3) is 5.78. The molecule has 0 spiro atoms. The quantitative estimate of drug-likeness (QED) is 0.721. The summed E-state index contributed by atoms with van der Waals surface area (Å²) in [6.07, 6.45) is 0. The summed E-state index contributed by atoms with van der Waals surface area (Å²) in [5.74, 6) is -1.40. The number of benzene rings is 2. The predicted molar refractivity (Wildman–Crippen MR) is 96.2 cm³/mol. The van der Waals surface area contributed by atoms with Gasteiger partial charge in [-0.25, -0.2) is 4.79 Å². The lowest BCUT2D eigenvalue weighted by atomic mass is 10.2. The zero-order chi connectivity index (χ0) is 19.1. The van der Waals surface area contributed by atoms with E-state index in [0.29, 0.717) is 16.5 Å². The summed E-state index contributed by atoms with van der Waals surface area (Å²) in [6, 6.07) is 11.1. The number of carbonyl (C=O) groups excluding carboxylic acids is 3. The van der Waals surface area contributed by atoms with Gasteiger partial charge in [0.1, 0.15) is 5.75 Å². The highest BCUT2D eigenvalue weighted by molar-refractivity contribution is 6.33. The van der Waals surface area contributed by atoms with Gasteiger partial charge >= 0.3 is 5.97 Å². The number of amides is 2. The molecule has 0 aromatic heterocycles. The summed E-state index contributed by atoms with van der Waals surface area (Å²) < 4.78 is 10.0. The van der Waals surface area contributed by atoms with E-state index in [1.165, 1.54) is 24.3 Å². The van der Waals surface area contributed by atoms with Gasteiger partial charge in [-0.3, -0.25) is 9.59 Å². The molecular formula is C18H17ClN2O5. The fourth-order valence-electron chi connectivity index (χ4n) is 1.96. The van der Waals surface area contributed by atoms with Crippen LogP contribution in [0.1, 0.15) is 15.9 Å². The van der Waals surface area contributed by atoms with Crippen LogP contribution in [0.25, 0.3) is 0 Å². The molecule has 0 aliphatic heterocycles. The molecule has 2 aromatic carbocycles. The minimum Gasteiger partial charge on any atom is -0.484 e. The smallest absolute Gasteiger partial charge is 0.338 e. The Morgan fingerprint density at radius 3 is 2.38 bits per heavy atom. The molecule has 8 heteroatoms. The first-order chi connectivity index (χ1) is 12.3. The number of halogens is 1. The molecule has 0 unspecified atom stereocenters. The van der Waals surface area contributed by atoms with Crippen molar-refractivity contribution in [2.24, 2.45) is 5.73 Å². The van der Waals surface area contributed by atoms with Gasteiger partial charge in [-0.2, -0.15) is 0 Å². The number of nitrogens with one attached hydrogen (secondary N) is 1. The Balaban J connectivity index is 1.85. The van der Waals surface area contributed by atoms with E-state index in [4.69, 9.17) is 26.8 Å². The molecule has 0 atom stereocenters. The van der Waals surface area contributed by atoms with Crippen LogP contribution >= 0.6 is 11.6 Å². The van der Waals surface area contributed by atoms with Gasteiger partial charge < -0.3 is 20.5 Å². The normalized spacial score (nSPS) is 10.1. The minimum absolute atomic E-state index is 0.234.